The number of rotatable bonds is 1. The average molecular weight is 200 g/mol. The molecule has 5 heteroatoms. The molecule has 0 bridgehead atoms. The number of ether oxygens (including phenoxy) is 1. The molecule has 4 nitrogen and oxygen atoms in total. The van der Waals surface area contributed by atoms with Crippen molar-refractivity contribution in [3.8, 4) is 0 Å². The number of fused-ring (bicyclic) bond motifs is 1. The summed E-state index contributed by atoms with van der Waals surface area (Å²) in [5.74, 6) is -0.127. The predicted molar refractivity (Wildman–Crippen MR) is 51.3 cm³/mol. The quantitative estimate of drug-likeness (QED) is 0.589. The van der Waals surface area contributed by atoms with Crippen LogP contribution >= 0.6 is 11.8 Å². The Morgan fingerprint density at radius 2 is 2.62 bits per heavy atom. The van der Waals surface area contributed by atoms with Crippen molar-refractivity contribution in [1.82, 2.24) is 5.01 Å². The predicted octanol–water partition coefficient (Wildman–Crippen LogP) is 0.888. The second kappa shape index (κ2) is 2.90. The summed E-state index contributed by atoms with van der Waals surface area (Å²) in [6.07, 6.45) is 0.828. The highest BCUT2D eigenvalue weighted by atomic mass is 32.2. The first kappa shape index (κ1) is 8.87. The van der Waals surface area contributed by atoms with Crippen molar-refractivity contribution in [2.75, 3.05) is 13.7 Å². The third-order valence-corrected chi connectivity index (χ3v) is 3.95. The number of hydrogen-bond acceptors (Lipinski definition) is 5. The lowest BCUT2D eigenvalue weighted by molar-refractivity contribution is -0.151. The Hall–Kier alpha value is -0.710. The molecule has 0 aromatic rings. The Morgan fingerprint density at radius 1 is 1.85 bits per heavy atom. The molecule has 2 rings (SSSR count). The molecule has 0 aromatic carbocycles. The standard InChI is InChI=1S/C8H12N2O2S/c1-8(7(11)12-2)3-4-10-6(8)13-5-9-10/h5-6H,3-4H2,1-2H3/t6?,8-/m1/s1. The minimum absolute atomic E-state index is 0.127. The zero-order chi connectivity index (χ0) is 9.47. The second-order valence-electron chi connectivity index (χ2n) is 3.53. The lowest BCUT2D eigenvalue weighted by Gasteiger charge is -2.26. The molecule has 2 aliphatic heterocycles. The van der Waals surface area contributed by atoms with Gasteiger partial charge in [0.15, 0.2) is 0 Å². The van der Waals surface area contributed by atoms with Gasteiger partial charge in [0.2, 0.25) is 0 Å². The molecule has 0 spiro atoms. The summed E-state index contributed by atoms with van der Waals surface area (Å²) in [6.45, 7) is 2.80. The first-order chi connectivity index (χ1) is 6.18. The third kappa shape index (κ3) is 1.14. The van der Waals surface area contributed by atoms with E-state index in [2.05, 4.69) is 5.10 Å². The molecule has 13 heavy (non-hydrogen) atoms. The number of esters is 1. The normalized spacial score (nSPS) is 36.5. The molecule has 2 heterocycles. The molecule has 0 aromatic heterocycles. The van der Waals surface area contributed by atoms with E-state index in [1.54, 1.807) is 17.3 Å². The zero-order valence-corrected chi connectivity index (χ0v) is 8.50. The van der Waals surface area contributed by atoms with E-state index in [1.165, 1.54) is 7.11 Å². The van der Waals surface area contributed by atoms with Crippen LogP contribution in [0.15, 0.2) is 5.10 Å². The van der Waals surface area contributed by atoms with E-state index in [9.17, 15) is 4.79 Å². The molecule has 72 valence electrons. The molecule has 0 N–H and O–H groups in total. The first-order valence-corrected chi connectivity index (χ1v) is 5.16. The lowest BCUT2D eigenvalue weighted by atomic mass is 9.90. The van der Waals surface area contributed by atoms with Gasteiger partial charge in [-0.2, -0.15) is 5.10 Å². The van der Waals surface area contributed by atoms with Crippen LogP contribution in [0.5, 0.6) is 0 Å². The number of carbonyl (C=O) groups is 1. The van der Waals surface area contributed by atoms with Crippen molar-refractivity contribution in [1.29, 1.82) is 0 Å². The average Bonchev–Trinajstić information content (AvgIpc) is 2.69. The minimum Gasteiger partial charge on any atom is -0.469 e. The van der Waals surface area contributed by atoms with Crippen molar-refractivity contribution in [3.63, 3.8) is 0 Å². The van der Waals surface area contributed by atoms with E-state index < -0.39 is 5.41 Å². The number of carbonyl (C=O) groups excluding carboxylic acids is 1. The van der Waals surface area contributed by atoms with Crippen LogP contribution in [0.25, 0.3) is 0 Å². The van der Waals surface area contributed by atoms with Crippen molar-refractivity contribution in [2.24, 2.45) is 10.5 Å². The number of hydrogen-bond donors (Lipinski definition) is 0. The van der Waals surface area contributed by atoms with Gasteiger partial charge in [0.25, 0.3) is 0 Å². The van der Waals surface area contributed by atoms with Gasteiger partial charge in [-0.3, -0.25) is 9.80 Å². The van der Waals surface area contributed by atoms with E-state index in [0.717, 1.165) is 13.0 Å². The van der Waals surface area contributed by atoms with Gasteiger partial charge in [0.1, 0.15) is 5.37 Å². The van der Waals surface area contributed by atoms with Crippen LogP contribution < -0.4 is 0 Å². The van der Waals surface area contributed by atoms with Gasteiger partial charge in [-0.15, -0.1) is 0 Å². The van der Waals surface area contributed by atoms with E-state index in [4.69, 9.17) is 4.74 Å². The molecule has 0 saturated carbocycles. The van der Waals surface area contributed by atoms with Gasteiger partial charge in [0, 0.05) is 6.54 Å². The van der Waals surface area contributed by atoms with E-state index >= 15 is 0 Å². The third-order valence-electron chi connectivity index (χ3n) is 2.71. The molecule has 2 atom stereocenters. The Balaban J connectivity index is 2.21. The molecule has 2 aliphatic rings. The molecule has 0 aliphatic carbocycles. The fraction of sp³-hybridized carbons (Fsp3) is 0.750. The maximum absolute atomic E-state index is 11.6. The summed E-state index contributed by atoms with van der Waals surface area (Å²) < 4.78 is 4.81. The maximum Gasteiger partial charge on any atom is 0.314 e. The highest BCUT2D eigenvalue weighted by molar-refractivity contribution is 8.12. The van der Waals surface area contributed by atoms with Crippen LogP contribution in [0.3, 0.4) is 0 Å². The monoisotopic (exact) mass is 200 g/mol. The molecular weight excluding hydrogens is 188 g/mol. The first-order valence-electron chi connectivity index (χ1n) is 4.21. The van der Waals surface area contributed by atoms with E-state index in [0.29, 0.717) is 0 Å². The summed E-state index contributed by atoms with van der Waals surface area (Å²) in [4.78, 5) is 11.6. The molecule has 1 saturated heterocycles. The summed E-state index contributed by atoms with van der Waals surface area (Å²) in [5, 5.41) is 6.27. The molecule has 0 radical (unpaired) electrons. The van der Waals surface area contributed by atoms with Gasteiger partial charge >= 0.3 is 5.97 Å². The van der Waals surface area contributed by atoms with Crippen LogP contribution in [-0.4, -0.2) is 35.6 Å². The van der Waals surface area contributed by atoms with Crippen LogP contribution in [0, 0.1) is 5.41 Å². The van der Waals surface area contributed by atoms with Gasteiger partial charge < -0.3 is 4.74 Å². The second-order valence-corrected chi connectivity index (χ2v) is 4.46. The molecule has 1 fully saturated rings. The molecular formula is C8H12N2O2S. The number of nitrogens with zero attached hydrogens (tertiary/aromatic N) is 2. The lowest BCUT2D eigenvalue weighted by Crippen LogP contribution is -2.37. The van der Waals surface area contributed by atoms with Crippen LogP contribution in [-0.2, 0) is 9.53 Å². The van der Waals surface area contributed by atoms with Gasteiger partial charge in [0.05, 0.1) is 18.1 Å². The highest BCUT2D eigenvalue weighted by Crippen LogP contribution is 2.45. The number of methoxy groups -OCH3 is 1. The summed E-state index contributed by atoms with van der Waals surface area (Å²) in [6, 6.07) is 0. The summed E-state index contributed by atoms with van der Waals surface area (Å²) in [5.41, 5.74) is 1.40. The largest absolute Gasteiger partial charge is 0.469 e. The Labute approximate surface area is 81.3 Å². The summed E-state index contributed by atoms with van der Waals surface area (Å²) >= 11 is 1.60. The number of thioether (sulfide) groups is 1. The minimum atomic E-state index is -0.393. The van der Waals surface area contributed by atoms with E-state index in [1.807, 2.05) is 11.9 Å². The highest BCUT2D eigenvalue weighted by Gasteiger charge is 2.51. The van der Waals surface area contributed by atoms with Crippen molar-refractivity contribution >= 4 is 23.3 Å². The smallest absolute Gasteiger partial charge is 0.314 e. The van der Waals surface area contributed by atoms with Crippen molar-refractivity contribution in [2.45, 2.75) is 18.7 Å². The SMILES string of the molecule is COC(=O)[C@]1(C)CCN2N=CSC21. The zero-order valence-electron chi connectivity index (χ0n) is 7.69. The van der Waals surface area contributed by atoms with Crippen LogP contribution in [0.1, 0.15) is 13.3 Å². The van der Waals surface area contributed by atoms with Crippen LogP contribution in [0.4, 0.5) is 0 Å². The van der Waals surface area contributed by atoms with Crippen molar-refractivity contribution < 1.29 is 9.53 Å². The van der Waals surface area contributed by atoms with Crippen molar-refractivity contribution in [3.05, 3.63) is 0 Å². The maximum atomic E-state index is 11.6. The Bertz CT molecular complexity index is 269. The van der Waals surface area contributed by atoms with Gasteiger partial charge in [-0.05, 0) is 13.3 Å². The molecule has 1 unspecified atom stereocenters. The van der Waals surface area contributed by atoms with Gasteiger partial charge in [-0.25, -0.2) is 0 Å². The summed E-state index contributed by atoms with van der Waals surface area (Å²) in [7, 11) is 1.44. The topological polar surface area (TPSA) is 41.9 Å². The van der Waals surface area contributed by atoms with Crippen LogP contribution in [0.2, 0.25) is 0 Å². The Morgan fingerprint density at radius 3 is 3.31 bits per heavy atom. The number of hydrazone groups is 1. The Kier molecular flexibility index (Phi) is 1.98. The van der Waals surface area contributed by atoms with E-state index in [-0.39, 0.29) is 11.3 Å². The fourth-order valence-electron chi connectivity index (χ4n) is 1.84. The molecule has 0 amide bonds. The fourth-order valence-corrected chi connectivity index (χ4v) is 2.94. The van der Waals surface area contributed by atoms with Gasteiger partial charge in [-0.1, -0.05) is 11.8 Å².